The molecule has 1 aromatic heterocycles. The molecule has 90 valence electrons. The number of nitrogens with zero attached hydrogens (tertiary/aromatic N) is 1. The number of hydrogen-bond donors (Lipinski definition) is 2. The number of aromatic amines is 1. The number of carboxylic acids is 1. The Bertz CT molecular complexity index is 577. The molecule has 17 heavy (non-hydrogen) atoms. The number of rotatable bonds is 3. The fourth-order valence-corrected chi connectivity index (χ4v) is 1.69. The Morgan fingerprint density at radius 2 is 2.29 bits per heavy atom. The monoisotopic (exact) mass is 236 g/mol. The van der Waals surface area contributed by atoms with Gasteiger partial charge in [-0.2, -0.15) is 0 Å². The van der Waals surface area contributed by atoms with Crippen LogP contribution in [0.3, 0.4) is 0 Å². The third-order valence-electron chi connectivity index (χ3n) is 2.88. The lowest BCUT2D eigenvalue weighted by Gasteiger charge is -2.01. The van der Waals surface area contributed by atoms with E-state index < -0.39 is 11.8 Å². The van der Waals surface area contributed by atoms with Crippen molar-refractivity contribution < 1.29 is 14.3 Å². The molecule has 1 heterocycles. The molecule has 0 aliphatic heterocycles. The third-order valence-corrected chi connectivity index (χ3v) is 2.88. The zero-order valence-electron chi connectivity index (χ0n) is 9.62. The first-order valence-corrected chi connectivity index (χ1v) is 5.45. The first kappa shape index (κ1) is 11.6. The van der Waals surface area contributed by atoms with Gasteiger partial charge >= 0.3 is 5.97 Å². The lowest BCUT2D eigenvalue weighted by molar-refractivity contribution is 0.0698. The van der Waals surface area contributed by atoms with Crippen molar-refractivity contribution >= 4 is 17.0 Å². The fraction of sp³-hybridized carbons (Fsp3) is 0.333. The predicted molar refractivity (Wildman–Crippen MR) is 61.7 cm³/mol. The van der Waals surface area contributed by atoms with Crippen molar-refractivity contribution in [1.82, 2.24) is 9.97 Å². The van der Waals surface area contributed by atoms with Crippen LogP contribution in [0.15, 0.2) is 12.1 Å². The fourth-order valence-electron chi connectivity index (χ4n) is 1.69. The molecule has 0 radical (unpaired) electrons. The van der Waals surface area contributed by atoms with Crippen LogP contribution < -0.4 is 0 Å². The van der Waals surface area contributed by atoms with Crippen molar-refractivity contribution in [1.29, 1.82) is 0 Å². The third kappa shape index (κ3) is 2.00. The summed E-state index contributed by atoms with van der Waals surface area (Å²) in [6, 6.07) is 2.26. The Morgan fingerprint density at radius 3 is 2.88 bits per heavy atom. The summed E-state index contributed by atoms with van der Waals surface area (Å²) >= 11 is 0. The zero-order chi connectivity index (χ0) is 12.6. The zero-order valence-corrected chi connectivity index (χ0v) is 9.62. The summed E-state index contributed by atoms with van der Waals surface area (Å²) in [6.07, 6.45) is 0.880. The Morgan fingerprint density at radius 1 is 1.59 bits per heavy atom. The molecule has 5 heteroatoms. The number of nitrogens with one attached hydrogen (secondary N) is 1. The lowest BCUT2D eigenvalue weighted by Crippen LogP contribution is -1.98. The Labute approximate surface area is 97.5 Å². The van der Waals surface area contributed by atoms with Crippen molar-refractivity contribution in [3.63, 3.8) is 0 Å². The first-order chi connectivity index (χ1) is 8.02. The second-order valence-electron chi connectivity index (χ2n) is 4.09. The van der Waals surface area contributed by atoms with Gasteiger partial charge in [0.05, 0.1) is 11.1 Å². The van der Waals surface area contributed by atoms with Crippen molar-refractivity contribution in [3.8, 4) is 0 Å². The molecule has 0 bridgehead atoms. The van der Waals surface area contributed by atoms with Gasteiger partial charge in [-0.1, -0.05) is 13.8 Å². The Balaban J connectivity index is 2.67. The summed E-state index contributed by atoms with van der Waals surface area (Å²) in [5.74, 6) is -0.867. The van der Waals surface area contributed by atoms with E-state index in [1.165, 1.54) is 6.07 Å². The molecule has 0 aliphatic rings. The molecule has 2 N–H and O–H groups in total. The number of benzene rings is 1. The minimum Gasteiger partial charge on any atom is -0.478 e. The van der Waals surface area contributed by atoms with Gasteiger partial charge in [0.15, 0.2) is 0 Å². The normalized spacial score (nSPS) is 12.9. The maximum atomic E-state index is 13.2. The van der Waals surface area contributed by atoms with Crippen LogP contribution in [0.4, 0.5) is 4.39 Å². The van der Waals surface area contributed by atoms with Crippen LogP contribution in [0.5, 0.6) is 0 Å². The van der Waals surface area contributed by atoms with E-state index >= 15 is 0 Å². The van der Waals surface area contributed by atoms with Gasteiger partial charge in [0.2, 0.25) is 0 Å². The summed E-state index contributed by atoms with van der Waals surface area (Å²) in [4.78, 5) is 18.2. The number of aromatic carboxylic acids is 1. The van der Waals surface area contributed by atoms with Crippen LogP contribution in [0.1, 0.15) is 42.4 Å². The van der Waals surface area contributed by atoms with E-state index in [4.69, 9.17) is 5.11 Å². The van der Waals surface area contributed by atoms with Crippen LogP contribution >= 0.6 is 0 Å². The molecule has 2 rings (SSSR count). The minimum atomic E-state index is -1.17. The summed E-state index contributed by atoms with van der Waals surface area (Å²) < 4.78 is 13.2. The van der Waals surface area contributed by atoms with Gasteiger partial charge in [-0.25, -0.2) is 14.2 Å². The molecular weight excluding hydrogens is 223 g/mol. The van der Waals surface area contributed by atoms with E-state index in [1.807, 2.05) is 13.8 Å². The first-order valence-electron chi connectivity index (χ1n) is 5.45. The average Bonchev–Trinajstić information content (AvgIpc) is 2.69. The standard InChI is InChI=1S/C12H13FN2O2/c1-3-6(2)11-14-9-5-7(13)4-8(12(16)17)10(9)15-11/h4-6H,3H2,1-2H3,(H,14,15)(H,16,17). The average molecular weight is 236 g/mol. The topological polar surface area (TPSA) is 66.0 Å². The molecule has 1 atom stereocenters. The smallest absolute Gasteiger partial charge is 0.338 e. The molecule has 0 amide bonds. The maximum Gasteiger partial charge on any atom is 0.338 e. The van der Waals surface area contributed by atoms with Gasteiger partial charge in [0.1, 0.15) is 17.2 Å². The molecule has 0 fully saturated rings. The molecule has 1 unspecified atom stereocenters. The SMILES string of the molecule is CCC(C)c1nc2c(C(=O)O)cc(F)cc2[nH]1. The molecule has 0 spiro atoms. The van der Waals surface area contributed by atoms with E-state index in [1.54, 1.807) is 0 Å². The number of carbonyl (C=O) groups is 1. The summed E-state index contributed by atoms with van der Waals surface area (Å²) in [5.41, 5.74) is 0.637. The second-order valence-corrected chi connectivity index (χ2v) is 4.09. The van der Waals surface area contributed by atoms with Crippen LogP contribution in [0.2, 0.25) is 0 Å². The number of fused-ring (bicyclic) bond motifs is 1. The van der Waals surface area contributed by atoms with E-state index in [0.29, 0.717) is 16.9 Å². The van der Waals surface area contributed by atoms with Gasteiger partial charge < -0.3 is 10.1 Å². The van der Waals surface area contributed by atoms with Crippen molar-refractivity contribution in [3.05, 3.63) is 29.3 Å². The molecule has 0 saturated carbocycles. The number of imidazole rings is 1. The Kier molecular flexibility index (Phi) is 2.83. The molecule has 0 saturated heterocycles. The number of hydrogen-bond acceptors (Lipinski definition) is 2. The molecular formula is C12H13FN2O2. The predicted octanol–water partition coefficient (Wildman–Crippen LogP) is 2.91. The second kappa shape index (κ2) is 4.16. The van der Waals surface area contributed by atoms with Crippen molar-refractivity contribution in [2.24, 2.45) is 0 Å². The summed E-state index contributed by atoms with van der Waals surface area (Å²) in [5, 5.41) is 8.99. The van der Waals surface area contributed by atoms with Crippen LogP contribution in [0.25, 0.3) is 11.0 Å². The van der Waals surface area contributed by atoms with Crippen LogP contribution in [-0.4, -0.2) is 21.0 Å². The van der Waals surface area contributed by atoms with Gasteiger partial charge in [0.25, 0.3) is 0 Å². The van der Waals surface area contributed by atoms with Crippen LogP contribution in [0, 0.1) is 5.82 Å². The van der Waals surface area contributed by atoms with Gasteiger partial charge in [-0.3, -0.25) is 0 Å². The van der Waals surface area contributed by atoms with Crippen molar-refractivity contribution in [2.75, 3.05) is 0 Å². The van der Waals surface area contributed by atoms with Gasteiger partial charge in [-0.05, 0) is 18.6 Å². The number of carboxylic acid groups (broad SMARTS) is 1. The highest BCUT2D eigenvalue weighted by atomic mass is 19.1. The number of aromatic nitrogens is 2. The van der Waals surface area contributed by atoms with Gasteiger partial charge in [0, 0.05) is 5.92 Å². The quantitative estimate of drug-likeness (QED) is 0.861. The highest BCUT2D eigenvalue weighted by Gasteiger charge is 2.16. The number of halogens is 1. The maximum absolute atomic E-state index is 13.2. The molecule has 0 aliphatic carbocycles. The molecule has 4 nitrogen and oxygen atoms in total. The molecule has 1 aromatic carbocycles. The van der Waals surface area contributed by atoms with E-state index in [-0.39, 0.29) is 11.5 Å². The molecule has 2 aromatic rings. The van der Waals surface area contributed by atoms with E-state index in [0.717, 1.165) is 12.5 Å². The largest absolute Gasteiger partial charge is 0.478 e. The Hall–Kier alpha value is -1.91. The lowest BCUT2D eigenvalue weighted by atomic mass is 10.1. The van der Waals surface area contributed by atoms with E-state index in [2.05, 4.69) is 9.97 Å². The highest BCUT2D eigenvalue weighted by molar-refractivity contribution is 6.00. The summed E-state index contributed by atoms with van der Waals surface area (Å²) in [7, 11) is 0. The van der Waals surface area contributed by atoms with E-state index in [9.17, 15) is 9.18 Å². The van der Waals surface area contributed by atoms with Crippen LogP contribution in [-0.2, 0) is 0 Å². The van der Waals surface area contributed by atoms with Crippen molar-refractivity contribution in [2.45, 2.75) is 26.2 Å². The minimum absolute atomic E-state index is 0.106. The highest BCUT2D eigenvalue weighted by Crippen LogP contribution is 2.23. The van der Waals surface area contributed by atoms with Gasteiger partial charge in [-0.15, -0.1) is 0 Å². The summed E-state index contributed by atoms with van der Waals surface area (Å²) in [6.45, 7) is 3.99. The number of H-pyrrole nitrogens is 1.